The highest BCUT2D eigenvalue weighted by molar-refractivity contribution is 5.58. The van der Waals surface area contributed by atoms with Crippen LogP contribution in [0.1, 0.15) is 19.4 Å². The number of anilines is 1. The van der Waals surface area contributed by atoms with Crippen molar-refractivity contribution >= 4 is 5.69 Å². The molecule has 152 valence electrons. The van der Waals surface area contributed by atoms with Gasteiger partial charge in [0.05, 0.1) is 17.9 Å². The van der Waals surface area contributed by atoms with Gasteiger partial charge in [0.25, 0.3) is 0 Å². The maximum absolute atomic E-state index is 10.4. The van der Waals surface area contributed by atoms with Crippen LogP contribution in [0.2, 0.25) is 0 Å². The number of benzene rings is 2. The predicted molar refractivity (Wildman–Crippen MR) is 115 cm³/mol. The minimum absolute atomic E-state index is 0.168. The smallest absolute Gasteiger partial charge is 0.142 e. The second-order valence-corrected chi connectivity index (χ2v) is 7.69. The molecular weight excluding hydrogens is 350 g/mol. The third-order valence-corrected chi connectivity index (χ3v) is 4.96. The summed E-state index contributed by atoms with van der Waals surface area (Å²) < 4.78 is 5.97. The fraction of sp³-hybridized carbons (Fsp3) is 0.478. The van der Waals surface area contributed by atoms with Gasteiger partial charge >= 0.3 is 0 Å². The van der Waals surface area contributed by atoms with Crippen molar-refractivity contribution in [3.63, 3.8) is 0 Å². The summed E-state index contributed by atoms with van der Waals surface area (Å²) in [6, 6.07) is 18.6. The molecule has 1 heterocycles. The molecule has 1 unspecified atom stereocenters. The lowest BCUT2D eigenvalue weighted by Crippen LogP contribution is -2.49. The van der Waals surface area contributed by atoms with Crippen molar-refractivity contribution in [1.29, 1.82) is 0 Å². The van der Waals surface area contributed by atoms with E-state index in [-0.39, 0.29) is 12.2 Å². The molecule has 5 heteroatoms. The van der Waals surface area contributed by atoms with Gasteiger partial charge in [-0.2, -0.15) is 0 Å². The van der Waals surface area contributed by atoms with Crippen LogP contribution in [0.25, 0.3) is 0 Å². The van der Waals surface area contributed by atoms with Gasteiger partial charge in [-0.25, -0.2) is 0 Å². The molecule has 0 aromatic heterocycles. The van der Waals surface area contributed by atoms with Crippen molar-refractivity contribution < 1.29 is 9.84 Å². The molecule has 2 aromatic rings. The van der Waals surface area contributed by atoms with Gasteiger partial charge in [-0.1, -0.05) is 42.5 Å². The molecule has 0 aliphatic carbocycles. The number of aliphatic hydroxyl groups excluding tert-OH is 1. The Hall–Kier alpha value is -2.08. The van der Waals surface area contributed by atoms with E-state index >= 15 is 0 Å². The standard InChI is InChI=1S/C23H33N3O2/c1-19(2)28-23-11-7-6-10-22(23)26-14-12-25(13-15-26)18-21(27)17-24-16-20-8-4-3-5-9-20/h3-11,19,21,24,27H,12-18H2,1-2H3. The summed E-state index contributed by atoms with van der Waals surface area (Å²) in [4.78, 5) is 4.73. The van der Waals surface area contributed by atoms with E-state index in [1.54, 1.807) is 0 Å². The Balaban J connectivity index is 1.41. The number of rotatable bonds is 9. The van der Waals surface area contributed by atoms with Crippen molar-refractivity contribution in [3.8, 4) is 5.75 Å². The summed E-state index contributed by atoms with van der Waals surface area (Å²) in [5.41, 5.74) is 2.41. The molecule has 0 saturated carbocycles. The second kappa shape index (κ2) is 10.5. The Morgan fingerprint density at radius 2 is 1.64 bits per heavy atom. The molecule has 2 N–H and O–H groups in total. The summed E-state index contributed by atoms with van der Waals surface area (Å²) in [6.45, 7) is 10.0. The van der Waals surface area contributed by atoms with E-state index in [4.69, 9.17) is 4.74 Å². The van der Waals surface area contributed by atoms with Crippen molar-refractivity contribution in [1.82, 2.24) is 10.2 Å². The van der Waals surface area contributed by atoms with E-state index in [0.29, 0.717) is 13.1 Å². The maximum Gasteiger partial charge on any atom is 0.142 e. The van der Waals surface area contributed by atoms with Crippen LogP contribution in [0.15, 0.2) is 54.6 Å². The molecule has 1 fully saturated rings. The summed E-state index contributed by atoms with van der Waals surface area (Å²) in [5, 5.41) is 13.7. The number of para-hydroxylation sites is 2. The largest absolute Gasteiger partial charge is 0.489 e. The first-order chi connectivity index (χ1) is 13.6. The first kappa shape index (κ1) is 20.6. The van der Waals surface area contributed by atoms with Crippen molar-refractivity contribution in [3.05, 3.63) is 60.2 Å². The lowest BCUT2D eigenvalue weighted by atomic mass is 10.2. The summed E-state index contributed by atoms with van der Waals surface area (Å²) in [5.74, 6) is 0.955. The van der Waals surface area contributed by atoms with Crippen LogP contribution < -0.4 is 15.0 Å². The van der Waals surface area contributed by atoms with Gasteiger partial charge in [0.15, 0.2) is 0 Å². The number of hydrogen-bond donors (Lipinski definition) is 2. The molecule has 0 radical (unpaired) electrons. The molecule has 2 aromatic carbocycles. The molecule has 0 spiro atoms. The average molecular weight is 384 g/mol. The number of aliphatic hydroxyl groups is 1. The third kappa shape index (κ3) is 6.23. The van der Waals surface area contributed by atoms with E-state index in [1.807, 2.05) is 30.3 Å². The normalized spacial score (nSPS) is 16.4. The summed E-state index contributed by atoms with van der Waals surface area (Å²) in [6.07, 6.45) is -0.187. The number of nitrogens with zero attached hydrogens (tertiary/aromatic N) is 2. The molecule has 1 aliphatic heterocycles. The molecule has 28 heavy (non-hydrogen) atoms. The van der Waals surface area contributed by atoms with E-state index < -0.39 is 0 Å². The molecule has 1 saturated heterocycles. The van der Waals surface area contributed by atoms with E-state index in [9.17, 15) is 5.11 Å². The quantitative estimate of drug-likeness (QED) is 0.697. The van der Waals surface area contributed by atoms with Crippen LogP contribution in [0.5, 0.6) is 5.75 Å². The highest BCUT2D eigenvalue weighted by Gasteiger charge is 2.21. The van der Waals surface area contributed by atoms with Crippen LogP contribution in [-0.2, 0) is 6.54 Å². The Kier molecular flexibility index (Phi) is 7.71. The fourth-order valence-corrected chi connectivity index (χ4v) is 3.58. The van der Waals surface area contributed by atoms with Gasteiger partial charge in [-0.05, 0) is 31.5 Å². The van der Waals surface area contributed by atoms with Crippen LogP contribution in [0, 0.1) is 0 Å². The summed E-state index contributed by atoms with van der Waals surface area (Å²) >= 11 is 0. The Morgan fingerprint density at radius 3 is 2.36 bits per heavy atom. The third-order valence-electron chi connectivity index (χ3n) is 4.96. The number of piperazine rings is 1. The van der Waals surface area contributed by atoms with E-state index in [2.05, 4.69) is 53.2 Å². The van der Waals surface area contributed by atoms with Crippen molar-refractivity contribution in [2.45, 2.75) is 32.6 Å². The van der Waals surface area contributed by atoms with Gasteiger partial charge in [0, 0.05) is 45.8 Å². The molecule has 0 bridgehead atoms. The first-order valence-electron chi connectivity index (χ1n) is 10.3. The van der Waals surface area contributed by atoms with Gasteiger partial charge < -0.3 is 20.1 Å². The zero-order valence-electron chi connectivity index (χ0n) is 17.1. The van der Waals surface area contributed by atoms with Crippen LogP contribution in [0.3, 0.4) is 0 Å². The molecule has 1 atom stereocenters. The SMILES string of the molecule is CC(C)Oc1ccccc1N1CCN(CC(O)CNCc2ccccc2)CC1. The van der Waals surface area contributed by atoms with Gasteiger partial charge in [-0.15, -0.1) is 0 Å². The zero-order valence-corrected chi connectivity index (χ0v) is 17.1. The lowest BCUT2D eigenvalue weighted by Gasteiger charge is -2.37. The van der Waals surface area contributed by atoms with Gasteiger partial charge in [-0.3, -0.25) is 4.90 Å². The molecular formula is C23H33N3O2. The van der Waals surface area contributed by atoms with Crippen LogP contribution in [0.4, 0.5) is 5.69 Å². The highest BCUT2D eigenvalue weighted by Crippen LogP contribution is 2.29. The average Bonchev–Trinajstić information content (AvgIpc) is 2.69. The minimum Gasteiger partial charge on any atom is -0.489 e. The fourth-order valence-electron chi connectivity index (χ4n) is 3.58. The Labute approximate surface area is 168 Å². The zero-order chi connectivity index (χ0) is 19.8. The molecule has 1 aliphatic rings. The van der Waals surface area contributed by atoms with Crippen molar-refractivity contribution in [2.24, 2.45) is 0 Å². The lowest BCUT2D eigenvalue weighted by molar-refractivity contribution is 0.107. The number of β-amino-alcohol motifs (C(OH)–C–C–N with tert-alkyl or cyclic N) is 1. The Morgan fingerprint density at radius 1 is 0.964 bits per heavy atom. The number of hydrogen-bond acceptors (Lipinski definition) is 5. The first-order valence-corrected chi connectivity index (χ1v) is 10.3. The molecule has 0 amide bonds. The predicted octanol–water partition coefficient (Wildman–Crippen LogP) is 2.75. The van der Waals surface area contributed by atoms with E-state index in [0.717, 1.165) is 38.5 Å². The Bertz CT molecular complexity index is 700. The second-order valence-electron chi connectivity index (χ2n) is 7.69. The van der Waals surface area contributed by atoms with Crippen LogP contribution >= 0.6 is 0 Å². The minimum atomic E-state index is -0.355. The summed E-state index contributed by atoms with van der Waals surface area (Å²) in [7, 11) is 0. The van der Waals surface area contributed by atoms with Crippen molar-refractivity contribution in [2.75, 3.05) is 44.2 Å². The molecule has 3 rings (SSSR count). The number of ether oxygens (including phenoxy) is 1. The van der Waals surface area contributed by atoms with E-state index in [1.165, 1.54) is 11.3 Å². The maximum atomic E-state index is 10.4. The highest BCUT2D eigenvalue weighted by atomic mass is 16.5. The molecule has 5 nitrogen and oxygen atoms in total. The number of nitrogens with one attached hydrogen (secondary N) is 1. The topological polar surface area (TPSA) is 48.0 Å². The van der Waals surface area contributed by atoms with Crippen LogP contribution in [-0.4, -0.2) is 61.5 Å². The monoisotopic (exact) mass is 383 g/mol. The van der Waals surface area contributed by atoms with Gasteiger partial charge in [0.1, 0.15) is 5.75 Å². The van der Waals surface area contributed by atoms with Gasteiger partial charge in [0.2, 0.25) is 0 Å².